The number of ether oxygens (including phenoxy) is 2. The van der Waals surface area contributed by atoms with Crippen molar-refractivity contribution in [3.05, 3.63) is 71.3 Å². The number of aromatic nitrogens is 2. The van der Waals surface area contributed by atoms with Crippen molar-refractivity contribution in [2.45, 2.75) is 24.9 Å². The first kappa shape index (κ1) is 22.5. The Morgan fingerprint density at radius 1 is 1.21 bits per heavy atom. The average molecular weight is 486 g/mol. The van der Waals surface area contributed by atoms with E-state index < -0.39 is 9.84 Å². The molecule has 0 unspecified atom stereocenters. The number of nitrogens with zero attached hydrogens (tertiary/aromatic N) is 3. The highest BCUT2D eigenvalue weighted by Crippen LogP contribution is 2.32. The Bertz CT molecular complexity index is 1360. The van der Waals surface area contributed by atoms with E-state index in [1.165, 1.54) is 28.9 Å². The van der Waals surface area contributed by atoms with E-state index in [-0.39, 0.29) is 40.7 Å². The highest BCUT2D eigenvalue weighted by atomic mass is 32.2. The maximum Gasteiger partial charge on any atom is 0.258 e. The summed E-state index contributed by atoms with van der Waals surface area (Å²) in [6.45, 7) is 4.00. The van der Waals surface area contributed by atoms with E-state index in [4.69, 9.17) is 9.47 Å². The van der Waals surface area contributed by atoms with E-state index >= 15 is 0 Å². The molecular formula is C24H24FN3O5S. The lowest BCUT2D eigenvalue weighted by Gasteiger charge is -2.37. The van der Waals surface area contributed by atoms with Gasteiger partial charge in [0.05, 0.1) is 42.5 Å². The molecule has 178 valence electrons. The van der Waals surface area contributed by atoms with Crippen molar-refractivity contribution in [1.29, 1.82) is 0 Å². The van der Waals surface area contributed by atoms with Gasteiger partial charge in [-0.2, -0.15) is 5.10 Å². The van der Waals surface area contributed by atoms with Gasteiger partial charge in [0.25, 0.3) is 5.91 Å². The summed E-state index contributed by atoms with van der Waals surface area (Å²) < 4.78 is 51.1. The smallest absolute Gasteiger partial charge is 0.258 e. The largest absolute Gasteiger partial charge is 0.492 e. The first-order chi connectivity index (χ1) is 16.1. The second-order valence-electron chi connectivity index (χ2n) is 9.18. The van der Waals surface area contributed by atoms with Crippen molar-refractivity contribution in [3.8, 4) is 11.4 Å². The van der Waals surface area contributed by atoms with E-state index in [0.29, 0.717) is 37.0 Å². The molecule has 2 aliphatic rings. The van der Waals surface area contributed by atoms with Crippen molar-refractivity contribution in [1.82, 2.24) is 14.7 Å². The minimum Gasteiger partial charge on any atom is -0.492 e. The summed E-state index contributed by atoms with van der Waals surface area (Å²) in [5.74, 6) is -0.418. The Morgan fingerprint density at radius 3 is 2.62 bits per heavy atom. The van der Waals surface area contributed by atoms with Crippen LogP contribution >= 0.6 is 0 Å². The molecule has 0 saturated carbocycles. The highest BCUT2D eigenvalue weighted by molar-refractivity contribution is 7.90. The average Bonchev–Trinajstić information content (AvgIpc) is 3.35. The minimum atomic E-state index is -3.52. The third-order valence-electron chi connectivity index (χ3n) is 6.05. The first-order valence-electron chi connectivity index (χ1n) is 10.8. The van der Waals surface area contributed by atoms with Crippen LogP contribution in [-0.4, -0.2) is 55.1 Å². The van der Waals surface area contributed by atoms with Gasteiger partial charge in [-0.15, -0.1) is 0 Å². The minimum absolute atomic E-state index is 0.0445. The van der Waals surface area contributed by atoms with Gasteiger partial charge in [-0.1, -0.05) is 19.1 Å². The zero-order valence-corrected chi connectivity index (χ0v) is 19.6. The van der Waals surface area contributed by atoms with Crippen LogP contribution in [0.3, 0.4) is 0 Å². The van der Waals surface area contributed by atoms with E-state index in [9.17, 15) is 17.6 Å². The Morgan fingerprint density at radius 2 is 1.97 bits per heavy atom. The van der Waals surface area contributed by atoms with Crippen LogP contribution in [0.1, 0.15) is 28.5 Å². The molecule has 5 rings (SSSR count). The molecule has 1 aromatic heterocycles. The van der Waals surface area contributed by atoms with Crippen molar-refractivity contribution in [3.63, 3.8) is 0 Å². The van der Waals surface area contributed by atoms with Crippen LogP contribution in [0.25, 0.3) is 5.69 Å². The van der Waals surface area contributed by atoms with Crippen LogP contribution in [0.15, 0.2) is 53.6 Å². The quantitative estimate of drug-likeness (QED) is 0.533. The highest BCUT2D eigenvalue weighted by Gasteiger charge is 2.35. The topological polar surface area (TPSA) is 90.7 Å². The molecule has 34 heavy (non-hydrogen) atoms. The van der Waals surface area contributed by atoms with Crippen LogP contribution in [0.4, 0.5) is 4.39 Å². The first-order valence-corrected chi connectivity index (χ1v) is 12.7. The third-order valence-corrected chi connectivity index (χ3v) is 7.16. The Labute approximate surface area is 196 Å². The molecule has 2 aromatic carbocycles. The van der Waals surface area contributed by atoms with Gasteiger partial charge in [0.1, 0.15) is 17.3 Å². The summed E-state index contributed by atoms with van der Waals surface area (Å²) in [7, 11) is -3.52. The Hall–Kier alpha value is -3.24. The molecule has 1 fully saturated rings. The zero-order chi connectivity index (χ0) is 24.1. The lowest BCUT2D eigenvalue weighted by atomic mass is 9.90. The summed E-state index contributed by atoms with van der Waals surface area (Å²) in [6, 6.07) is 10.7. The lowest BCUT2D eigenvalue weighted by molar-refractivity contribution is -0.120. The number of benzene rings is 2. The molecule has 2 aliphatic heterocycles. The predicted molar refractivity (Wildman–Crippen MR) is 121 cm³/mol. The molecule has 0 aliphatic carbocycles. The lowest BCUT2D eigenvalue weighted by Crippen LogP contribution is -2.44. The number of carbonyl (C=O) groups excluding carboxylic acids is 1. The fourth-order valence-electron chi connectivity index (χ4n) is 4.05. The summed E-state index contributed by atoms with van der Waals surface area (Å²) in [5.41, 5.74) is 1.84. The number of hydrogen-bond acceptors (Lipinski definition) is 6. The monoisotopic (exact) mass is 485 g/mol. The maximum atomic E-state index is 14.1. The molecule has 0 radical (unpaired) electrons. The summed E-state index contributed by atoms with van der Waals surface area (Å²) >= 11 is 0. The van der Waals surface area contributed by atoms with Crippen molar-refractivity contribution < 1.29 is 27.1 Å². The van der Waals surface area contributed by atoms with Gasteiger partial charge >= 0.3 is 0 Å². The molecule has 0 atom stereocenters. The number of rotatable bonds is 6. The van der Waals surface area contributed by atoms with Gasteiger partial charge in [-0.3, -0.25) is 4.79 Å². The molecule has 0 spiro atoms. The number of hydrogen-bond donors (Lipinski definition) is 0. The van der Waals surface area contributed by atoms with Crippen LogP contribution < -0.4 is 4.74 Å². The molecule has 0 N–H and O–H groups in total. The summed E-state index contributed by atoms with van der Waals surface area (Å²) in [4.78, 5) is 15.1. The van der Waals surface area contributed by atoms with Crippen LogP contribution in [-0.2, 0) is 27.7 Å². The number of halogens is 1. The SMILES string of the molecule is CC1(COc2ccc(S(C)(=O)=O)cc2C(=O)N2Cc3cn(-c4ccccc4F)nc3C2)COC1. The molecular weight excluding hydrogens is 461 g/mol. The second-order valence-corrected chi connectivity index (χ2v) is 11.2. The molecule has 8 nitrogen and oxygen atoms in total. The van der Waals surface area contributed by atoms with Crippen LogP contribution in [0, 0.1) is 11.2 Å². The van der Waals surface area contributed by atoms with Gasteiger partial charge in [-0.25, -0.2) is 17.5 Å². The number of fused-ring (bicyclic) bond motifs is 1. The Balaban J connectivity index is 1.40. The fraction of sp³-hybridized carbons (Fsp3) is 0.333. The van der Waals surface area contributed by atoms with Gasteiger partial charge in [-0.05, 0) is 30.3 Å². The van der Waals surface area contributed by atoms with Crippen molar-refractivity contribution in [2.24, 2.45) is 5.41 Å². The van der Waals surface area contributed by atoms with E-state index in [0.717, 1.165) is 11.8 Å². The third kappa shape index (κ3) is 4.19. The predicted octanol–water partition coefficient (Wildman–Crippen LogP) is 2.99. The van der Waals surface area contributed by atoms with Gasteiger partial charge < -0.3 is 14.4 Å². The van der Waals surface area contributed by atoms with E-state index in [1.807, 2.05) is 6.92 Å². The standard InChI is InChI=1S/C24H24FN3O5S/c1-24(13-32-14-24)15-33-22-8-7-17(34(2,30)31)9-18(22)23(29)27-10-16-11-28(26-20(16)12-27)21-6-4-3-5-19(21)25/h3-9,11H,10,12-15H2,1-2H3. The Kier molecular flexibility index (Phi) is 5.44. The van der Waals surface area contributed by atoms with E-state index in [1.54, 1.807) is 29.3 Å². The second kappa shape index (κ2) is 8.21. The normalized spacial score (nSPS) is 16.7. The van der Waals surface area contributed by atoms with Crippen molar-refractivity contribution in [2.75, 3.05) is 26.1 Å². The van der Waals surface area contributed by atoms with Gasteiger partial charge in [0, 0.05) is 30.0 Å². The van der Waals surface area contributed by atoms with Crippen LogP contribution in [0.2, 0.25) is 0 Å². The fourth-order valence-corrected chi connectivity index (χ4v) is 4.69. The summed E-state index contributed by atoms with van der Waals surface area (Å²) in [6.07, 6.45) is 2.81. The van der Waals surface area contributed by atoms with Gasteiger partial charge in [0.15, 0.2) is 9.84 Å². The molecule has 10 heteroatoms. The zero-order valence-electron chi connectivity index (χ0n) is 18.8. The van der Waals surface area contributed by atoms with Crippen molar-refractivity contribution >= 4 is 15.7 Å². The van der Waals surface area contributed by atoms with E-state index in [2.05, 4.69) is 5.10 Å². The molecule has 3 aromatic rings. The molecule has 1 amide bonds. The molecule has 0 bridgehead atoms. The molecule has 1 saturated heterocycles. The van der Waals surface area contributed by atoms with Gasteiger partial charge in [0.2, 0.25) is 0 Å². The summed E-state index contributed by atoms with van der Waals surface area (Å²) in [5, 5.41) is 4.46. The number of amides is 1. The number of carbonyl (C=O) groups is 1. The van der Waals surface area contributed by atoms with Crippen LogP contribution in [0.5, 0.6) is 5.75 Å². The maximum absolute atomic E-state index is 14.1. The molecule has 3 heterocycles. The number of para-hydroxylation sites is 1. The number of sulfone groups is 1.